The molecule has 17 heavy (non-hydrogen) atoms. The maximum atomic E-state index is 11.9. The second kappa shape index (κ2) is 5.05. The summed E-state index contributed by atoms with van der Waals surface area (Å²) in [5.74, 6) is 0.0796. The van der Waals surface area contributed by atoms with Gasteiger partial charge in [-0.25, -0.2) is 0 Å². The summed E-state index contributed by atoms with van der Waals surface area (Å²) < 4.78 is 0.479. The van der Waals surface area contributed by atoms with Crippen LogP contribution in [0.25, 0.3) is 0 Å². The van der Waals surface area contributed by atoms with Crippen LogP contribution in [0, 0.1) is 0 Å². The minimum atomic E-state index is 0.0796. The Morgan fingerprint density at radius 1 is 1.24 bits per heavy atom. The molecule has 0 aromatic rings. The van der Waals surface area contributed by atoms with Gasteiger partial charge in [0.15, 0.2) is 0 Å². The van der Waals surface area contributed by atoms with Crippen molar-refractivity contribution in [2.24, 2.45) is 0 Å². The highest BCUT2D eigenvalue weighted by molar-refractivity contribution is 8.01. The van der Waals surface area contributed by atoms with Crippen LogP contribution < -0.4 is 5.32 Å². The fraction of sp³-hybridized carbons (Fsp3) is 0.786. The van der Waals surface area contributed by atoms with Crippen LogP contribution in [0.3, 0.4) is 0 Å². The molecule has 1 amide bonds. The Hall–Kier alpha value is -0.440. The largest absolute Gasteiger partial charge is 0.350 e. The van der Waals surface area contributed by atoms with Gasteiger partial charge in [0.25, 0.3) is 0 Å². The van der Waals surface area contributed by atoms with E-state index in [0.29, 0.717) is 6.04 Å². The van der Waals surface area contributed by atoms with E-state index in [1.54, 1.807) is 0 Å². The Morgan fingerprint density at radius 3 is 2.12 bits per heavy atom. The van der Waals surface area contributed by atoms with Gasteiger partial charge in [0.2, 0.25) is 5.91 Å². The highest BCUT2D eigenvalue weighted by atomic mass is 32.2. The lowest BCUT2D eigenvalue weighted by Gasteiger charge is -2.44. The number of thioether (sulfide) groups is 1. The number of allylic oxidation sites excluding steroid dienone is 1. The SMILES string of the molecule is CC=C(C)C(=O)NC1CC(C)(C)SC(C)(C)C1. The van der Waals surface area contributed by atoms with Crippen LogP contribution in [-0.2, 0) is 4.79 Å². The Labute approximate surface area is 110 Å². The third kappa shape index (κ3) is 4.38. The number of carbonyl (C=O) groups excluding carboxylic acids is 1. The van der Waals surface area contributed by atoms with Crippen molar-refractivity contribution >= 4 is 17.7 Å². The number of hydrogen-bond donors (Lipinski definition) is 1. The molecular weight excluding hydrogens is 230 g/mol. The molecule has 1 fully saturated rings. The van der Waals surface area contributed by atoms with Crippen molar-refractivity contribution in [1.82, 2.24) is 5.32 Å². The van der Waals surface area contributed by atoms with Crippen LogP contribution in [-0.4, -0.2) is 21.4 Å². The molecular formula is C14H25NOS. The highest BCUT2D eigenvalue weighted by Crippen LogP contribution is 2.47. The van der Waals surface area contributed by atoms with Gasteiger partial charge in [-0.2, -0.15) is 0 Å². The second-order valence-corrected chi connectivity index (χ2v) is 8.59. The van der Waals surface area contributed by atoms with Gasteiger partial charge < -0.3 is 5.32 Å². The molecule has 0 unspecified atom stereocenters. The Kier molecular flexibility index (Phi) is 4.34. The molecule has 1 heterocycles. The van der Waals surface area contributed by atoms with Gasteiger partial charge in [0, 0.05) is 21.1 Å². The van der Waals surface area contributed by atoms with Crippen molar-refractivity contribution in [3.8, 4) is 0 Å². The molecule has 1 rings (SSSR count). The predicted octanol–water partition coefficient (Wildman–Crippen LogP) is 3.52. The van der Waals surface area contributed by atoms with E-state index in [9.17, 15) is 4.79 Å². The standard InChI is InChI=1S/C14H25NOS/c1-7-10(2)12(16)15-11-8-13(3,4)17-14(5,6)9-11/h7,11H,8-9H2,1-6H3,(H,15,16). The first kappa shape index (κ1) is 14.6. The first-order valence-corrected chi connectivity index (χ1v) is 7.11. The molecule has 1 N–H and O–H groups in total. The quantitative estimate of drug-likeness (QED) is 0.765. The molecule has 0 saturated carbocycles. The Bertz CT molecular complexity index is 315. The van der Waals surface area contributed by atoms with Crippen molar-refractivity contribution < 1.29 is 4.79 Å². The summed E-state index contributed by atoms with van der Waals surface area (Å²) in [6, 6.07) is 0.295. The van der Waals surface area contributed by atoms with Crippen molar-refractivity contribution in [3.05, 3.63) is 11.6 Å². The molecule has 2 nitrogen and oxygen atoms in total. The van der Waals surface area contributed by atoms with Crippen molar-refractivity contribution in [3.63, 3.8) is 0 Å². The Balaban J connectivity index is 2.69. The average Bonchev–Trinajstić information content (AvgIpc) is 2.11. The van der Waals surface area contributed by atoms with Crippen LogP contribution >= 0.6 is 11.8 Å². The molecule has 0 spiro atoms. The van der Waals surface area contributed by atoms with E-state index in [-0.39, 0.29) is 15.4 Å². The third-order valence-corrected chi connectivity index (χ3v) is 4.59. The van der Waals surface area contributed by atoms with Crippen molar-refractivity contribution in [2.45, 2.75) is 69.9 Å². The molecule has 98 valence electrons. The summed E-state index contributed by atoms with van der Waals surface area (Å²) in [6.07, 6.45) is 3.96. The maximum absolute atomic E-state index is 11.9. The van der Waals surface area contributed by atoms with Crippen LogP contribution in [0.1, 0.15) is 54.4 Å². The van der Waals surface area contributed by atoms with E-state index >= 15 is 0 Å². The number of hydrogen-bond acceptors (Lipinski definition) is 2. The summed E-state index contributed by atoms with van der Waals surface area (Å²) in [5.41, 5.74) is 0.804. The molecule has 1 aliphatic rings. The molecule has 0 aromatic heterocycles. The lowest BCUT2D eigenvalue weighted by Crippen LogP contribution is -2.48. The monoisotopic (exact) mass is 255 g/mol. The first-order chi connectivity index (χ1) is 7.65. The maximum Gasteiger partial charge on any atom is 0.246 e. The molecule has 3 heteroatoms. The van der Waals surface area contributed by atoms with Gasteiger partial charge in [-0.15, -0.1) is 11.8 Å². The van der Waals surface area contributed by atoms with Crippen LogP contribution in [0.2, 0.25) is 0 Å². The highest BCUT2D eigenvalue weighted by Gasteiger charge is 2.39. The molecule has 0 atom stereocenters. The third-order valence-electron chi connectivity index (χ3n) is 3.15. The van der Waals surface area contributed by atoms with Gasteiger partial charge >= 0.3 is 0 Å². The van der Waals surface area contributed by atoms with E-state index in [2.05, 4.69) is 33.0 Å². The lowest BCUT2D eigenvalue weighted by atomic mass is 9.93. The molecule has 0 radical (unpaired) electrons. The second-order valence-electron chi connectivity index (χ2n) is 6.17. The zero-order valence-electron chi connectivity index (χ0n) is 11.9. The predicted molar refractivity (Wildman–Crippen MR) is 76.3 cm³/mol. The van der Waals surface area contributed by atoms with E-state index in [1.807, 2.05) is 31.7 Å². The molecule has 0 bridgehead atoms. The summed E-state index contributed by atoms with van der Waals surface area (Å²) in [7, 11) is 0. The summed E-state index contributed by atoms with van der Waals surface area (Å²) in [4.78, 5) is 11.9. The Morgan fingerprint density at radius 2 is 1.71 bits per heavy atom. The minimum Gasteiger partial charge on any atom is -0.350 e. The van der Waals surface area contributed by atoms with Gasteiger partial charge in [-0.1, -0.05) is 33.8 Å². The number of nitrogens with one attached hydrogen (secondary N) is 1. The van der Waals surface area contributed by atoms with Crippen LogP contribution in [0.4, 0.5) is 0 Å². The number of rotatable bonds is 2. The smallest absolute Gasteiger partial charge is 0.246 e. The van der Waals surface area contributed by atoms with Crippen molar-refractivity contribution in [2.75, 3.05) is 0 Å². The van der Waals surface area contributed by atoms with Gasteiger partial charge in [-0.05, 0) is 26.7 Å². The number of amides is 1. The normalized spacial score (nSPS) is 24.5. The summed E-state index contributed by atoms with van der Waals surface area (Å²) >= 11 is 2.02. The van der Waals surface area contributed by atoms with Crippen LogP contribution in [0.15, 0.2) is 11.6 Å². The molecule has 0 aliphatic carbocycles. The molecule has 1 saturated heterocycles. The summed E-state index contributed by atoms with van der Waals surface area (Å²) in [5, 5.41) is 3.16. The minimum absolute atomic E-state index is 0.0796. The fourth-order valence-electron chi connectivity index (χ4n) is 2.62. The van der Waals surface area contributed by atoms with E-state index in [1.165, 1.54) is 0 Å². The lowest BCUT2D eigenvalue weighted by molar-refractivity contribution is -0.118. The van der Waals surface area contributed by atoms with Crippen molar-refractivity contribution in [1.29, 1.82) is 0 Å². The van der Waals surface area contributed by atoms with E-state index < -0.39 is 0 Å². The molecule has 0 aromatic carbocycles. The van der Waals surface area contributed by atoms with E-state index in [4.69, 9.17) is 0 Å². The first-order valence-electron chi connectivity index (χ1n) is 6.29. The number of carbonyl (C=O) groups is 1. The van der Waals surface area contributed by atoms with E-state index in [0.717, 1.165) is 18.4 Å². The van der Waals surface area contributed by atoms with Crippen LogP contribution in [0.5, 0.6) is 0 Å². The van der Waals surface area contributed by atoms with Gasteiger partial charge in [0.1, 0.15) is 0 Å². The fourth-order valence-corrected chi connectivity index (χ4v) is 4.69. The van der Waals surface area contributed by atoms with Gasteiger partial charge in [0.05, 0.1) is 0 Å². The summed E-state index contributed by atoms with van der Waals surface area (Å²) in [6.45, 7) is 12.8. The molecule has 1 aliphatic heterocycles. The van der Waals surface area contributed by atoms with Gasteiger partial charge in [-0.3, -0.25) is 4.79 Å². The zero-order chi connectivity index (χ0) is 13.3. The zero-order valence-corrected chi connectivity index (χ0v) is 12.7. The topological polar surface area (TPSA) is 29.1 Å². The average molecular weight is 255 g/mol.